The topological polar surface area (TPSA) is 24.9 Å². The lowest BCUT2D eigenvalue weighted by atomic mass is 9.90. The van der Waals surface area contributed by atoms with Crippen LogP contribution in [-0.2, 0) is 6.42 Å². The molecule has 104 valence electrons. The largest absolute Gasteiger partial charge is 0.305 e. The quantitative estimate of drug-likeness (QED) is 0.774. The van der Waals surface area contributed by atoms with Crippen molar-refractivity contribution in [3.8, 4) is 0 Å². The predicted molar refractivity (Wildman–Crippen MR) is 81.2 cm³/mol. The van der Waals surface area contributed by atoms with E-state index in [-0.39, 0.29) is 0 Å². The van der Waals surface area contributed by atoms with Gasteiger partial charge in [-0.05, 0) is 56.7 Å². The van der Waals surface area contributed by atoms with Gasteiger partial charge in [-0.3, -0.25) is 4.98 Å². The molecule has 0 bridgehead atoms. The van der Waals surface area contributed by atoms with Gasteiger partial charge in [0.1, 0.15) is 0 Å². The van der Waals surface area contributed by atoms with Crippen LogP contribution in [0.1, 0.15) is 63.3 Å². The van der Waals surface area contributed by atoms with E-state index in [1.807, 2.05) is 6.20 Å². The van der Waals surface area contributed by atoms with E-state index in [9.17, 15) is 0 Å². The van der Waals surface area contributed by atoms with Crippen LogP contribution in [-0.4, -0.2) is 11.5 Å². The first kappa shape index (κ1) is 14.3. The minimum absolute atomic E-state index is 0.330. The van der Waals surface area contributed by atoms with Crippen molar-refractivity contribution >= 4 is 0 Å². The van der Waals surface area contributed by atoms with Gasteiger partial charge in [0.2, 0.25) is 0 Å². The van der Waals surface area contributed by atoms with Crippen LogP contribution in [0.25, 0.3) is 0 Å². The van der Waals surface area contributed by atoms with Crippen LogP contribution in [0.2, 0.25) is 0 Å². The van der Waals surface area contributed by atoms with Crippen LogP contribution in [0, 0.1) is 0 Å². The van der Waals surface area contributed by atoms with Crippen LogP contribution in [0.3, 0.4) is 0 Å². The van der Waals surface area contributed by atoms with Crippen molar-refractivity contribution in [1.82, 2.24) is 10.3 Å². The van der Waals surface area contributed by atoms with Gasteiger partial charge < -0.3 is 5.32 Å². The van der Waals surface area contributed by atoms with Crippen molar-refractivity contribution < 1.29 is 0 Å². The maximum Gasteiger partial charge on any atom is 0.0713 e. The smallest absolute Gasteiger partial charge is 0.0713 e. The molecule has 1 atom stereocenters. The molecule has 0 saturated carbocycles. The summed E-state index contributed by atoms with van der Waals surface area (Å²) < 4.78 is 0. The summed E-state index contributed by atoms with van der Waals surface area (Å²) in [6.45, 7) is 5.49. The summed E-state index contributed by atoms with van der Waals surface area (Å²) in [6.07, 6.45) is 11.7. The minimum Gasteiger partial charge on any atom is -0.305 e. The fourth-order valence-corrected chi connectivity index (χ4v) is 2.83. The van der Waals surface area contributed by atoms with Gasteiger partial charge in [-0.2, -0.15) is 0 Å². The molecule has 2 heteroatoms. The summed E-state index contributed by atoms with van der Waals surface area (Å²) >= 11 is 0. The van der Waals surface area contributed by atoms with Crippen molar-refractivity contribution in [2.24, 2.45) is 0 Å². The Balaban J connectivity index is 2.27. The minimum atomic E-state index is 0.330. The van der Waals surface area contributed by atoms with Crippen LogP contribution in [0.15, 0.2) is 30.0 Å². The van der Waals surface area contributed by atoms with E-state index in [0.29, 0.717) is 6.04 Å². The Labute approximate surface area is 117 Å². The number of allylic oxidation sites excluding steroid dienone is 1. The molecule has 1 N–H and O–H groups in total. The van der Waals surface area contributed by atoms with Crippen LogP contribution >= 0.6 is 0 Å². The zero-order chi connectivity index (χ0) is 13.5. The van der Waals surface area contributed by atoms with Gasteiger partial charge in [-0.25, -0.2) is 0 Å². The second-order valence-electron chi connectivity index (χ2n) is 5.31. The van der Waals surface area contributed by atoms with Gasteiger partial charge in [0.25, 0.3) is 0 Å². The zero-order valence-electron chi connectivity index (χ0n) is 12.3. The molecule has 2 nitrogen and oxygen atoms in total. The summed E-state index contributed by atoms with van der Waals surface area (Å²) in [6, 6.07) is 4.59. The molecule has 0 radical (unpaired) electrons. The van der Waals surface area contributed by atoms with Crippen molar-refractivity contribution in [2.45, 2.75) is 58.4 Å². The Kier molecular flexibility index (Phi) is 5.59. The van der Waals surface area contributed by atoms with Crippen LogP contribution < -0.4 is 5.32 Å². The Bertz CT molecular complexity index is 423. The standard InChI is InChI=1S/C17H26N2/c1-3-12-18-17(15-9-6-5-7-10-15)16-14(4-2)11-8-13-19-16/h8-9,11,13,17-18H,3-7,10,12H2,1-2H3. The maximum atomic E-state index is 4.67. The van der Waals surface area contributed by atoms with E-state index in [4.69, 9.17) is 0 Å². The van der Waals surface area contributed by atoms with Gasteiger partial charge in [0, 0.05) is 6.20 Å². The summed E-state index contributed by atoms with van der Waals surface area (Å²) in [5.41, 5.74) is 4.17. The molecule has 1 aliphatic carbocycles. The highest BCUT2D eigenvalue weighted by Gasteiger charge is 2.20. The zero-order valence-corrected chi connectivity index (χ0v) is 12.3. The van der Waals surface area contributed by atoms with Gasteiger partial charge >= 0.3 is 0 Å². The molecule has 1 aromatic heterocycles. The van der Waals surface area contributed by atoms with Crippen molar-refractivity contribution in [3.05, 3.63) is 41.2 Å². The van der Waals surface area contributed by atoms with E-state index < -0.39 is 0 Å². The number of aryl methyl sites for hydroxylation is 1. The molecule has 0 spiro atoms. The number of pyridine rings is 1. The first-order chi connectivity index (χ1) is 9.36. The van der Waals surface area contributed by atoms with Crippen LogP contribution in [0.5, 0.6) is 0 Å². The number of hydrogen-bond donors (Lipinski definition) is 1. The van der Waals surface area contributed by atoms with E-state index in [1.165, 1.54) is 36.9 Å². The number of rotatable bonds is 6. The molecule has 19 heavy (non-hydrogen) atoms. The Morgan fingerprint density at radius 1 is 1.32 bits per heavy atom. The average Bonchev–Trinajstić information content (AvgIpc) is 2.49. The highest BCUT2D eigenvalue weighted by atomic mass is 14.9. The molecular formula is C17H26N2. The molecule has 0 aromatic carbocycles. The Morgan fingerprint density at radius 2 is 2.21 bits per heavy atom. The molecule has 1 aromatic rings. The highest BCUT2D eigenvalue weighted by molar-refractivity contribution is 5.30. The number of aromatic nitrogens is 1. The van der Waals surface area contributed by atoms with Gasteiger partial charge in [-0.15, -0.1) is 0 Å². The summed E-state index contributed by atoms with van der Waals surface area (Å²) in [5, 5.41) is 3.70. The van der Waals surface area contributed by atoms with Gasteiger partial charge in [-0.1, -0.05) is 31.6 Å². The Morgan fingerprint density at radius 3 is 2.89 bits per heavy atom. The molecular weight excluding hydrogens is 232 g/mol. The summed E-state index contributed by atoms with van der Waals surface area (Å²) in [5.74, 6) is 0. The third kappa shape index (κ3) is 3.66. The molecule has 0 fully saturated rings. The van der Waals surface area contributed by atoms with E-state index >= 15 is 0 Å². The van der Waals surface area contributed by atoms with Crippen LogP contribution in [0.4, 0.5) is 0 Å². The SMILES string of the molecule is CCCNC(C1=CCCCC1)c1ncccc1CC. The summed E-state index contributed by atoms with van der Waals surface area (Å²) in [7, 11) is 0. The van der Waals surface area contributed by atoms with Gasteiger partial charge in [0.15, 0.2) is 0 Å². The third-order valence-corrected chi connectivity index (χ3v) is 3.88. The molecule has 1 unspecified atom stereocenters. The lowest BCUT2D eigenvalue weighted by Crippen LogP contribution is -2.26. The van der Waals surface area contributed by atoms with E-state index in [1.54, 1.807) is 5.57 Å². The monoisotopic (exact) mass is 258 g/mol. The normalized spacial score (nSPS) is 17.1. The van der Waals surface area contributed by atoms with E-state index in [2.05, 4.69) is 42.4 Å². The molecule has 0 saturated heterocycles. The number of nitrogens with one attached hydrogen (secondary N) is 1. The average molecular weight is 258 g/mol. The molecule has 1 heterocycles. The van der Waals surface area contributed by atoms with Crippen molar-refractivity contribution in [3.63, 3.8) is 0 Å². The first-order valence-corrected chi connectivity index (χ1v) is 7.72. The molecule has 0 amide bonds. The Hall–Kier alpha value is -1.15. The second kappa shape index (κ2) is 7.44. The fraction of sp³-hybridized carbons (Fsp3) is 0.588. The third-order valence-electron chi connectivity index (χ3n) is 3.88. The van der Waals surface area contributed by atoms with Crippen molar-refractivity contribution in [1.29, 1.82) is 0 Å². The fourth-order valence-electron chi connectivity index (χ4n) is 2.83. The first-order valence-electron chi connectivity index (χ1n) is 7.72. The molecule has 1 aliphatic rings. The van der Waals surface area contributed by atoms with E-state index in [0.717, 1.165) is 19.4 Å². The maximum absolute atomic E-state index is 4.67. The highest BCUT2D eigenvalue weighted by Crippen LogP contribution is 2.30. The second-order valence-corrected chi connectivity index (χ2v) is 5.31. The van der Waals surface area contributed by atoms with Crippen molar-refractivity contribution in [2.75, 3.05) is 6.54 Å². The lowest BCUT2D eigenvalue weighted by Gasteiger charge is -2.25. The number of nitrogens with zero attached hydrogens (tertiary/aromatic N) is 1. The predicted octanol–water partition coefficient (Wildman–Crippen LogP) is 4.19. The van der Waals surface area contributed by atoms with Gasteiger partial charge in [0.05, 0.1) is 11.7 Å². The molecule has 0 aliphatic heterocycles. The number of hydrogen-bond acceptors (Lipinski definition) is 2. The molecule has 2 rings (SSSR count). The lowest BCUT2D eigenvalue weighted by molar-refractivity contribution is 0.534. The summed E-state index contributed by atoms with van der Waals surface area (Å²) in [4.78, 5) is 4.67.